The second-order valence-electron chi connectivity index (χ2n) is 6.85. The van der Waals surface area contributed by atoms with Crippen LogP contribution in [0.15, 0.2) is 6.20 Å². The van der Waals surface area contributed by atoms with E-state index in [1.807, 2.05) is 18.5 Å². The third-order valence-electron chi connectivity index (χ3n) is 5.76. The standard InChI is InChI=1S/C17H25N3O3/c1-3-20-10(2)13(9-19-20)8-18-16(21)14-11-4-6-12(7-5-11)15(14)17(22)23/h9,11-12,14-15H,3-8H2,1-2H3,(H,18,21)(H,22,23)/t11?,12?,14-,15-/m1/s1. The fraction of sp³-hybridized carbons (Fsp3) is 0.706. The zero-order valence-corrected chi connectivity index (χ0v) is 13.8. The van der Waals surface area contributed by atoms with Crippen molar-refractivity contribution in [1.82, 2.24) is 15.1 Å². The first-order valence-corrected chi connectivity index (χ1v) is 8.54. The van der Waals surface area contributed by atoms with Gasteiger partial charge in [-0.05, 0) is 51.4 Å². The highest BCUT2D eigenvalue weighted by molar-refractivity contribution is 5.85. The maximum atomic E-state index is 12.7. The quantitative estimate of drug-likeness (QED) is 0.869. The zero-order chi connectivity index (χ0) is 16.6. The molecule has 0 aromatic carbocycles. The summed E-state index contributed by atoms with van der Waals surface area (Å²) in [6.07, 6.45) is 5.65. The highest BCUT2D eigenvalue weighted by Crippen LogP contribution is 2.49. The van der Waals surface area contributed by atoms with Gasteiger partial charge in [0.05, 0.1) is 18.0 Å². The first kappa shape index (κ1) is 16.0. The van der Waals surface area contributed by atoms with Gasteiger partial charge in [0.15, 0.2) is 0 Å². The Kier molecular flexibility index (Phi) is 4.41. The van der Waals surface area contributed by atoms with Crippen molar-refractivity contribution in [3.63, 3.8) is 0 Å². The average molecular weight is 319 g/mol. The van der Waals surface area contributed by atoms with Gasteiger partial charge in [0.25, 0.3) is 0 Å². The summed E-state index contributed by atoms with van der Waals surface area (Å²) in [6, 6.07) is 0. The lowest BCUT2D eigenvalue weighted by Crippen LogP contribution is -2.50. The van der Waals surface area contributed by atoms with Crippen molar-refractivity contribution in [2.45, 2.75) is 52.6 Å². The van der Waals surface area contributed by atoms with E-state index in [1.165, 1.54) is 0 Å². The Morgan fingerprint density at radius 3 is 2.39 bits per heavy atom. The lowest BCUT2D eigenvalue weighted by Gasteiger charge is -2.45. The lowest BCUT2D eigenvalue weighted by atomic mass is 9.58. The minimum atomic E-state index is -0.811. The van der Waals surface area contributed by atoms with E-state index in [4.69, 9.17) is 0 Å². The Hall–Kier alpha value is -1.85. The Morgan fingerprint density at radius 2 is 1.87 bits per heavy atom. The van der Waals surface area contributed by atoms with Gasteiger partial charge in [0, 0.05) is 24.3 Å². The van der Waals surface area contributed by atoms with Crippen LogP contribution >= 0.6 is 0 Å². The number of amides is 1. The number of fused-ring (bicyclic) bond motifs is 3. The molecule has 0 radical (unpaired) electrons. The first-order chi connectivity index (χ1) is 11.0. The Balaban J connectivity index is 1.69. The summed E-state index contributed by atoms with van der Waals surface area (Å²) in [7, 11) is 0. The molecule has 1 aromatic rings. The molecule has 0 aliphatic heterocycles. The van der Waals surface area contributed by atoms with Crippen LogP contribution in [0.2, 0.25) is 0 Å². The number of nitrogens with zero attached hydrogens (tertiary/aromatic N) is 2. The molecular weight excluding hydrogens is 294 g/mol. The highest BCUT2D eigenvalue weighted by Gasteiger charge is 2.50. The number of aryl methyl sites for hydroxylation is 1. The number of nitrogens with one attached hydrogen (secondary N) is 1. The fourth-order valence-electron chi connectivity index (χ4n) is 4.46. The van der Waals surface area contributed by atoms with Crippen molar-refractivity contribution in [2.24, 2.45) is 23.7 Å². The van der Waals surface area contributed by atoms with E-state index in [1.54, 1.807) is 6.20 Å². The lowest BCUT2D eigenvalue weighted by molar-refractivity contribution is -0.158. The first-order valence-electron chi connectivity index (χ1n) is 8.54. The molecule has 0 spiro atoms. The molecule has 3 aliphatic carbocycles. The molecule has 0 saturated heterocycles. The number of carbonyl (C=O) groups excluding carboxylic acids is 1. The predicted molar refractivity (Wildman–Crippen MR) is 84.5 cm³/mol. The minimum Gasteiger partial charge on any atom is -0.481 e. The number of carboxylic acid groups (broad SMARTS) is 1. The molecule has 1 amide bonds. The highest BCUT2D eigenvalue weighted by atomic mass is 16.4. The van der Waals surface area contributed by atoms with E-state index < -0.39 is 11.9 Å². The molecule has 0 unspecified atom stereocenters. The van der Waals surface area contributed by atoms with Gasteiger partial charge in [0.1, 0.15) is 0 Å². The number of carbonyl (C=O) groups is 2. The maximum Gasteiger partial charge on any atom is 0.307 e. The van der Waals surface area contributed by atoms with Crippen LogP contribution in [-0.2, 0) is 22.7 Å². The molecule has 1 heterocycles. The van der Waals surface area contributed by atoms with Gasteiger partial charge in [-0.2, -0.15) is 5.10 Å². The number of rotatable bonds is 5. The van der Waals surface area contributed by atoms with E-state index in [-0.39, 0.29) is 23.7 Å². The van der Waals surface area contributed by atoms with Crippen molar-refractivity contribution < 1.29 is 14.7 Å². The van der Waals surface area contributed by atoms with Gasteiger partial charge < -0.3 is 10.4 Å². The molecular formula is C17H25N3O3. The Morgan fingerprint density at radius 1 is 1.26 bits per heavy atom. The van der Waals surface area contributed by atoms with Gasteiger partial charge in [-0.1, -0.05) is 0 Å². The Labute approximate surface area is 136 Å². The van der Waals surface area contributed by atoms with Crippen molar-refractivity contribution in [3.8, 4) is 0 Å². The molecule has 1 aromatic heterocycles. The van der Waals surface area contributed by atoms with Crippen LogP contribution in [0.25, 0.3) is 0 Å². The Bertz CT molecular complexity index is 602. The summed E-state index contributed by atoms with van der Waals surface area (Å²) in [5, 5.41) is 16.8. The van der Waals surface area contributed by atoms with E-state index in [0.717, 1.165) is 43.5 Å². The molecule has 3 saturated carbocycles. The molecule has 23 heavy (non-hydrogen) atoms. The monoisotopic (exact) mass is 319 g/mol. The zero-order valence-electron chi connectivity index (χ0n) is 13.8. The topological polar surface area (TPSA) is 84.2 Å². The van der Waals surface area contributed by atoms with Crippen molar-refractivity contribution in [3.05, 3.63) is 17.5 Å². The van der Waals surface area contributed by atoms with Crippen LogP contribution in [0.4, 0.5) is 0 Å². The molecule has 2 atom stereocenters. The number of hydrogen-bond acceptors (Lipinski definition) is 3. The number of aromatic nitrogens is 2. The number of carboxylic acids is 1. The summed E-state index contributed by atoms with van der Waals surface area (Å²) in [5.41, 5.74) is 2.04. The van der Waals surface area contributed by atoms with Crippen LogP contribution < -0.4 is 5.32 Å². The smallest absolute Gasteiger partial charge is 0.307 e. The van der Waals surface area contributed by atoms with Crippen LogP contribution in [0.3, 0.4) is 0 Å². The molecule has 2 bridgehead atoms. The third-order valence-corrected chi connectivity index (χ3v) is 5.76. The van der Waals surface area contributed by atoms with Crippen LogP contribution in [0.5, 0.6) is 0 Å². The predicted octanol–water partition coefficient (Wildman–Crippen LogP) is 1.96. The number of aliphatic carboxylic acids is 1. The second-order valence-corrected chi connectivity index (χ2v) is 6.85. The molecule has 6 nitrogen and oxygen atoms in total. The van der Waals surface area contributed by atoms with E-state index in [9.17, 15) is 14.7 Å². The van der Waals surface area contributed by atoms with Crippen molar-refractivity contribution >= 4 is 11.9 Å². The summed E-state index contributed by atoms with van der Waals surface area (Å²) in [6.45, 7) is 5.23. The van der Waals surface area contributed by atoms with Gasteiger partial charge in [-0.3, -0.25) is 14.3 Å². The maximum absolute atomic E-state index is 12.7. The second kappa shape index (κ2) is 6.34. The molecule has 6 heteroatoms. The molecule has 2 N–H and O–H groups in total. The number of hydrogen-bond donors (Lipinski definition) is 2. The SMILES string of the molecule is CCn1ncc(CNC(=O)[C@@H]2C3CCC(CC3)[C@H]2C(=O)O)c1C. The minimum absolute atomic E-state index is 0.101. The molecule has 3 aliphatic rings. The van der Waals surface area contributed by atoms with Gasteiger partial charge >= 0.3 is 5.97 Å². The van der Waals surface area contributed by atoms with E-state index in [0.29, 0.717) is 6.54 Å². The summed E-state index contributed by atoms with van der Waals surface area (Å²) in [4.78, 5) is 24.3. The van der Waals surface area contributed by atoms with Crippen molar-refractivity contribution in [2.75, 3.05) is 0 Å². The molecule has 4 rings (SSSR count). The van der Waals surface area contributed by atoms with Gasteiger partial charge in [0.2, 0.25) is 5.91 Å². The fourth-order valence-corrected chi connectivity index (χ4v) is 4.46. The third kappa shape index (κ3) is 2.86. The summed E-state index contributed by atoms with van der Waals surface area (Å²) < 4.78 is 1.89. The van der Waals surface area contributed by atoms with Crippen molar-refractivity contribution in [1.29, 1.82) is 0 Å². The summed E-state index contributed by atoms with van der Waals surface area (Å²) in [5.74, 6) is -1.41. The van der Waals surface area contributed by atoms with Crippen LogP contribution in [0.1, 0.15) is 43.9 Å². The average Bonchev–Trinajstić information content (AvgIpc) is 2.92. The van der Waals surface area contributed by atoms with E-state index >= 15 is 0 Å². The van der Waals surface area contributed by atoms with Gasteiger partial charge in [-0.25, -0.2) is 0 Å². The van der Waals surface area contributed by atoms with Crippen LogP contribution in [-0.4, -0.2) is 26.8 Å². The molecule has 3 fully saturated rings. The van der Waals surface area contributed by atoms with Crippen LogP contribution in [0, 0.1) is 30.6 Å². The normalized spacial score (nSPS) is 29.5. The summed E-state index contributed by atoms with van der Waals surface area (Å²) >= 11 is 0. The van der Waals surface area contributed by atoms with Gasteiger partial charge in [-0.15, -0.1) is 0 Å². The largest absolute Gasteiger partial charge is 0.481 e. The molecule has 126 valence electrons. The van der Waals surface area contributed by atoms with E-state index in [2.05, 4.69) is 10.4 Å².